The van der Waals surface area contributed by atoms with E-state index >= 15 is 0 Å². The molecule has 3 aromatic rings. The van der Waals surface area contributed by atoms with E-state index in [1.807, 2.05) is 5.38 Å². The predicted molar refractivity (Wildman–Crippen MR) is 82.0 cm³/mol. The number of nitrogens with zero attached hydrogens (tertiary/aromatic N) is 3. The Morgan fingerprint density at radius 1 is 1.23 bits per heavy atom. The lowest BCUT2D eigenvalue weighted by molar-refractivity contribution is 0.0942. The minimum Gasteiger partial charge on any atom is -0.501 e. The number of nitrogens with one attached hydrogen (secondary N) is 1. The van der Waals surface area contributed by atoms with Gasteiger partial charge in [-0.3, -0.25) is 4.79 Å². The normalized spacial score (nSPS) is 10.5. The number of carbonyl (C=O) groups is 1. The second kappa shape index (κ2) is 6.08. The van der Waals surface area contributed by atoms with Crippen LogP contribution in [-0.2, 0) is 6.54 Å². The van der Waals surface area contributed by atoms with Gasteiger partial charge in [-0.15, -0.1) is 22.7 Å². The second-order valence-corrected chi connectivity index (χ2v) is 6.08. The average Bonchev–Trinajstić information content (AvgIpc) is 3.20. The molecular weight excluding hydrogens is 324 g/mol. The first kappa shape index (κ1) is 14.4. The average molecular weight is 334 g/mol. The molecule has 0 fully saturated rings. The molecule has 0 aliphatic heterocycles. The minimum absolute atomic E-state index is 0.185. The molecule has 0 saturated carbocycles. The topological polar surface area (TPSA) is 108 Å². The van der Waals surface area contributed by atoms with Gasteiger partial charge in [-0.05, 0) is 11.4 Å². The van der Waals surface area contributed by atoms with Crippen LogP contribution >= 0.6 is 22.7 Å². The molecule has 0 unspecified atom stereocenters. The van der Waals surface area contributed by atoms with Crippen LogP contribution in [0.1, 0.15) is 15.5 Å². The monoisotopic (exact) mass is 334 g/mol. The van der Waals surface area contributed by atoms with E-state index in [9.17, 15) is 15.0 Å². The first-order valence-electron chi connectivity index (χ1n) is 6.15. The van der Waals surface area contributed by atoms with Gasteiger partial charge in [0.05, 0.1) is 11.4 Å². The van der Waals surface area contributed by atoms with Gasteiger partial charge in [0.15, 0.2) is 11.5 Å². The molecule has 22 heavy (non-hydrogen) atoms. The van der Waals surface area contributed by atoms with E-state index in [-0.39, 0.29) is 18.1 Å². The van der Waals surface area contributed by atoms with Crippen LogP contribution in [0.15, 0.2) is 29.1 Å². The predicted octanol–water partition coefficient (Wildman–Crippen LogP) is 2.00. The highest BCUT2D eigenvalue weighted by atomic mass is 32.1. The third kappa shape index (κ3) is 2.90. The molecule has 7 nitrogen and oxygen atoms in total. The summed E-state index contributed by atoms with van der Waals surface area (Å²) in [5.41, 5.74) is -0.271. The number of aromatic nitrogens is 3. The Kier molecular flexibility index (Phi) is 3.98. The standard InChI is InChI=1S/C13H10N4O3S2/c18-10-9(12(19)15-6-8-14-3-5-22-8)16-11(17-13(10)20)7-2-1-4-21-7/h1-5,18H,6H2,(H,15,19)(H,16,17,20). The zero-order valence-electron chi connectivity index (χ0n) is 11.1. The van der Waals surface area contributed by atoms with Crippen LogP contribution in [0.2, 0.25) is 0 Å². The first-order chi connectivity index (χ1) is 10.6. The van der Waals surface area contributed by atoms with E-state index in [1.54, 1.807) is 23.7 Å². The smallest absolute Gasteiger partial charge is 0.274 e. The van der Waals surface area contributed by atoms with Gasteiger partial charge < -0.3 is 15.5 Å². The number of amides is 1. The Morgan fingerprint density at radius 3 is 2.77 bits per heavy atom. The largest absolute Gasteiger partial charge is 0.501 e. The molecule has 0 aliphatic carbocycles. The fourth-order valence-electron chi connectivity index (χ4n) is 1.70. The van der Waals surface area contributed by atoms with Crippen LogP contribution in [0.5, 0.6) is 11.6 Å². The quantitative estimate of drug-likeness (QED) is 0.673. The van der Waals surface area contributed by atoms with Gasteiger partial charge in [0.25, 0.3) is 11.8 Å². The van der Waals surface area contributed by atoms with Crippen molar-refractivity contribution in [1.29, 1.82) is 0 Å². The van der Waals surface area contributed by atoms with Crippen LogP contribution in [0, 0.1) is 0 Å². The SMILES string of the molecule is O=C(NCc1nccs1)c1nc(-c2cccs2)nc(O)c1O. The Labute approximate surface area is 133 Å². The van der Waals surface area contributed by atoms with E-state index in [2.05, 4.69) is 20.3 Å². The molecule has 3 rings (SSSR count). The highest BCUT2D eigenvalue weighted by Gasteiger charge is 2.20. The van der Waals surface area contributed by atoms with Crippen molar-refractivity contribution in [3.8, 4) is 22.3 Å². The molecule has 0 atom stereocenters. The highest BCUT2D eigenvalue weighted by Crippen LogP contribution is 2.30. The van der Waals surface area contributed by atoms with Gasteiger partial charge >= 0.3 is 0 Å². The van der Waals surface area contributed by atoms with Crippen LogP contribution < -0.4 is 5.32 Å². The lowest BCUT2D eigenvalue weighted by Crippen LogP contribution is -2.24. The van der Waals surface area contributed by atoms with Crippen molar-refractivity contribution in [3.63, 3.8) is 0 Å². The molecule has 3 N–H and O–H groups in total. The Balaban J connectivity index is 1.87. The number of rotatable bonds is 4. The van der Waals surface area contributed by atoms with Crippen molar-refractivity contribution >= 4 is 28.6 Å². The summed E-state index contributed by atoms with van der Waals surface area (Å²) in [7, 11) is 0. The molecule has 0 aliphatic rings. The van der Waals surface area contributed by atoms with Crippen molar-refractivity contribution in [2.24, 2.45) is 0 Å². The Morgan fingerprint density at radius 2 is 2.09 bits per heavy atom. The molecule has 0 saturated heterocycles. The zero-order valence-corrected chi connectivity index (χ0v) is 12.7. The van der Waals surface area contributed by atoms with Gasteiger partial charge in [0.2, 0.25) is 5.75 Å². The van der Waals surface area contributed by atoms with Gasteiger partial charge in [-0.1, -0.05) is 6.07 Å². The van der Waals surface area contributed by atoms with Crippen LogP contribution in [0.3, 0.4) is 0 Å². The van der Waals surface area contributed by atoms with E-state index < -0.39 is 17.5 Å². The maximum absolute atomic E-state index is 12.1. The molecule has 3 aromatic heterocycles. The molecular formula is C13H10N4O3S2. The van der Waals surface area contributed by atoms with E-state index in [4.69, 9.17) is 0 Å². The molecule has 9 heteroatoms. The third-order valence-corrected chi connectivity index (χ3v) is 4.35. The maximum atomic E-state index is 12.1. The summed E-state index contributed by atoms with van der Waals surface area (Å²) in [6, 6.07) is 3.56. The number of aromatic hydroxyl groups is 2. The summed E-state index contributed by atoms with van der Waals surface area (Å²) in [4.78, 5) is 24.7. The van der Waals surface area contributed by atoms with Gasteiger partial charge in [0, 0.05) is 11.6 Å². The molecule has 112 valence electrons. The lowest BCUT2D eigenvalue weighted by Gasteiger charge is -2.07. The Bertz CT molecular complexity index is 788. The van der Waals surface area contributed by atoms with Crippen molar-refractivity contribution in [2.75, 3.05) is 0 Å². The lowest BCUT2D eigenvalue weighted by atomic mass is 10.3. The summed E-state index contributed by atoms with van der Waals surface area (Å²) in [5, 5.41) is 26.4. The molecule has 0 spiro atoms. The number of hydrogen-bond donors (Lipinski definition) is 3. The van der Waals surface area contributed by atoms with Gasteiger partial charge in [0.1, 0.15) is 5.01 Å². The summed E-state index contributed by atoms with van der Waals surface area (Å²) in [6.45, 7) is 0.217. The molecule has 0 aromatic carbocycles. The van der Waals surface area contributed by atoms with Crippen molar-refractivity contribution in [3.05, 3.63) is 39.8 Å². The van der Waals surface area contributed by atoms with E-state index in [1.165, 1.54) is 22.7 Å². The summed E-state index contributed by atoms with van der Waals surface area (Å²) < 4.78 is 0. The summed E-state index contributed by atoms with van der Waals surface area (Å²) in [5.74, 6) is -1.69. The summed E-state index contributed by atoms with van der Waals surface area (Å²) in [6.07, 6.45) is 1.63. The number of hydrogen-bond acceptors (Lipinski definition) is 8. The van der Waals surface area contributed by atoms with Crippen LogP contribution in [0.25, 0.3) is 10.7 Å². The molecule has 1 amide bonds. The second-order valence-electron chi connectivity index (χ2n) is 4.15. The number of thiophene rings is 1. The first-order valence-corrected chi connectivity index (χ1v) is 7.91. The van der Waals surface area contributed by atoms with Crippen LogP contribution in [-0.4, -0.2) is 31.1 Å². The Hall–Kier alpha value is -2.52. The molecule has 0 bridgehead atoms. The molecule has 0 radical (unpaired) electrons. The highest BCUT2D eigenvalue weighted by molar-refractivity contribution is 7.13. The van der Waals surface area contributed by atoms with Crippen molar-refractivity contribution in [2.45, 2.75) is 6.54 Å². The number of carbonyl (C=O) groups excluding carboxylic acids is 1. The van der Waals surface area contributed by atoms with E-state index in [0.717, 1.165) is 5.01 Å². The fourth-order valence-corrected chi connectivity index (χ4v) is 2.91. The third-order valence-electron chi connectivity index (χ3n) is 2.71. The molecule has 3 heterocycles. The maximum Gasteiger partial charge on any atom is 0.274 e. The zero-order chi connectivity index (χ0) is 15.5. The number of thiazole rings is 1. The van der Waals surface area contributed by atoms with E-state index in [0.29, 0.717) is 4.88 Å². The van der Waals surface area contributed by atoms with Crippen LogP contribution in [0.4, 0.5) is 0 Å². The van der Waals surface area contributed by atoms with Gasteiger partial charge in [-0.25, -0.2) is 9.97 Å². The van der Waals surface area contributed by atoms with Gasteiger partial charge in [-0.2, -0.15) is 4.98 Å². The summed E-state index contributed by atoms with van der Waals surface area (Å²) >= 11 is 2.76. The van der Waals surface area contributed by atoms with Crippen molar-refractivity contribution in [1.82, 2.24) is 20.3 Å². The fraction of sp³-hybridized carbons (Fsp3) is 0.0769. The van der Waals surface area contributed by atoms with Crippen molar-refractivity contribution < 1.29 is 15.0 Å². The minimum atomic E-state index is -0.642.